The van der Waals surface area contributed by atoms with Crippen LogP contribution in [0.1, 0.15) is 36.2 Å². The van der Waals surface area contributed by atoms with Crippen LogP contribution in [0.2, 0.25) is 0 Å². The lowest BCUT2D eigenvalue weighted by atomic mass is 10.0. The van der Waals surface area contributed by atoms with Crippen molar-refractivity contribution in [2.75, 3.05) is 5.88 Å². The molecule has 1 aromatic carbocycles. The van der Waals surface area contributed by atoms with Crippen molar-refractivity contribution in [2.45, 2.75) is 33.2 Å². The van der Waals surface area contributed by atoms with E-state index in [0.717, 1.165) is 21.1 Å². The van der Waals surface area contributed by atoms with Gasteiger partial charge in [-0.1, -0.05) is 26.0 Å². The van der Waals surface area contributed by atoms with Gasteiger partial charge in [0.15, 0.2) is 0 Å². The molecule has 0 fully saturated rings. The molecule has 0 aliphatic carbocycles. The molecule has 0 heterocycles. The van der Waals surface area contributed by atoms with Gasteiger partial charge >= 0.3 is 0 Å². The van der Waals surface area contributed by atoms with Gasteiger partial charge in [0, 0.05) is 15.5 Å². The highest BCUT2D eigenvalue weighted by molar-refractivity contribution is 14.1. The van der Waals surface area contributed by atoms with Gasteiger partial charge < -0.3 is 5.32 Å². The van der Waals surface area contributed by atoms with E-state index in [4.69, 9.17) is 11.6 Å². The molecule has 1 aromatic rings. The summed E-state index contributed by atoms with van der Waals surface area (Å²) in [4.78, 5) is 12.2. The fraction of sp³-hybridized carbons (Fsp3) is 0.500. The molecule has 18 heavy (non-hydrogen) atoms. The maximum atomic E-state index is 12.2. The largest absolute Gasteiger partial charge is 0.349 e. The number of alkyl halides is 1. The molecule has 4 heteroatoms. The fourth-order valence-corrected chi connectivity index (χ4v) is 2.60. The summed E-state index contributed by atoms with van der Waals surface area (Å²) >= 11 is 7.99. The molecule has 0 aromatic heterocycles. The molecule has 1 N–H and O–H groups in total. The Morgan fingerprint density at radius 1 is 1.44 bits per heavy atom. The van der Waals surface area contributed by atoms with Gasteiger partial charge in [0.2, 0.25) is 0 Å². The van der Waals surface area contributed by atoms with E-state index in [9.17, 15) is 4.79 Å². The summed E-state index contributed by atoms with van der Waals surface area (Å²) in [5.41, 5.74) is 1.87. The van der Waals surface area contributed by atoms with Crippen LogP contribution in [-0.4, -0.2) is 17.8 Å². The average molecular weight is 380 g/mol. The van der Waals surface area contributed by atoms with Gasteiger partial charge in [-0.25, -0.2) is 0 Å². The lowest BCUT2D eigenvalue weighted by Crippen LogP contribution is -2.39. The Labute approximate surface area is 128 Å². The van der Waals surface area contributed by atoms with Crippen molar-refractivity contribution >= 4 is 40.1 Å². The smallest absolute Gasteiger partial charge is 0.252 e. The summed E-state index contributed by atoms with van der Waals surface area (Å²) in [5.74, 6) is 0.940. The molecule has 0 radical (unpaired) electrons. The Morgan fingerprint density at radius 3 is 2.67 bits per heavy atom. The van der Waals surface area contributed by atoms with Crippen LogP contribution in [0.5, 0.6) is 0 Å². The molecule has 1 atom stereocenters. The second-order valence-corrected chi connectivity index (χ2v) is 6.19. The first-order valence-corrected chi connectivity index (χ1v) is 7.70. The minimum Gasteiger partial charge on any atom is -0.349 e. The molecule has 1 rings (SSSR count). The summed E-state index contributed by atoms with van der Waals surface area (Å²) in [6.45, 7) is 6.20. The number of halogens is 2. The lowest BCUT2D eigenvalue weighted by Gasteiger charge is -2.22. The van der Waals surface area contributed by atoms with E-state index in [1.165, 1.54) is 0 Å². The maximum Gasteiger partial charge on any atom is 0.252 e. The number of rotatable bonds is 5. The van der Waals surface area contributed by atoms with E-state index in [1.54, 1.807) is 0 Å². The average Bonchev–Trinajstić information content (AvgIpc) is 2.31. The van der Waals surface area contributed by atoms with E-state index in [2.05, 4.69) is 41.8 Å². The molecule has 0 aliphatic rings. The summed E-state index contributed by atoms with van der Waals surface area (Å²) in [6, 6.07) is 5.92. The molecule has 0 saturated carbocycles. The standard InChI is InChI=1S/C14H19ClINO/c1-9(2)12(7-8-15)17-14(18)11-6-4-5-10(3)13(11)16/h4-6,9,12H,7-8H2,1-3H3,(H,17,18). The number of carbonyl (C=O) groups is 1. The zero-order valence-corrected chi connectivity index (χ0v) is 13.9. The van der Waals surface area contributed by atoms with Gasteiger partial charge in [-0.3, -0.25) is 4.79 Å². The van der Waals surface area contributed by atoms with E-state index < -0.39 is 0 Å². The molecule has 0 saturated heterocycles. The first-order valence-electron chi connectivity index (χ1n) is 6.09. The Hall–Kier alpha value is -0.290. The van der Waals surface area contributed by atoms with E-state index in [0.29, 0.717) is 11.8 Å². The third-order valence-electron chi connectivity index (χ3n) is 2.98. The van der Waals surface area contributed by atoms with Crippen molar-refractivity contribution in [1.29, 1.82) is 0 Å². The van der Waals surface area contributed by atoms with E-state index >= 15 is 0 Å². The SMILES string of the molecule is Cc1cccc(C(=O)NC(CCCl)C(C)C)c1I. The summed E-state index contributed by atoms with van der Waals surface area (Å²) in [6.07, 6.45) is 0.799. The van der Waals surface area contributed by atoms with Crippen LogP contribution in [0.3, 0.4) is 0 Å². The van der Waals surface area contributed by atoms with Crippen LogP contribution < -0.4 is 5.32 Å². The van der Waals surface area contributed by atoms with Crippen molar-refractivity contribution in [3.63, 3.8) is 0 Å². The number of hydrogen-bond donors (Lipinski definition) is 1. The van der Waals surface area contributed by atoms with E-state index in [1.807, 2.05) is 25.1 Å². The van der Waals surface area contributed by atoms with Crippen LogP contribution in [0.4, 0.5) is 0 Å². The van der Waals surface area contributed by atoms with Gasteiger partial charge in [-0.05, 0) is 53.5 Å². The predicted molar refractivity (Wildman–Crippen MR) is 85.3 cm³/mol. The zero-order valence-electron chi connectivity index (χ0n) is 11.0. The number of aryl methyl sites for hydroxylation is 1. The zero-order chi connectivity index (χ0) is 13.7. The van der Waals surface area contributed by atoms with Crippen LogP contribution in [0, 0.1) is 16.4 Å². The first kappa shape index (κ1) is 15.8. The summed E-state index contributed by atoms with van der Waals surface area (Å²) < 4.78 is 1.01. The topological polar surface area (TPSA) is 29.1 Å². The van der Waals surface area contributed by atoms with Gasteiger partial charge in [-0.2, -0.15) is 0 Å². The number of hydrogen-bond acceptors (Lipinski definition) is 1. The molecular formula is C14H19ClINO. The van der Waals surface area contributed by atoms with E-state index in [-0.39, 0.29) is 11.9 Å². The molecule has 100 valence electrons. The van der Waals surface area contributed by atoms with Crippen molar-refractivity contribution in [1.82, 2.24) is 5.32 Å². The van der Waals surface area contributed by atoms with Crippen molar-refractivity contribution in [2.24, 2.45) is 5.92 Å². The number of amides is 1. The van der Waals surface area contributed by atoms with Crippen LogP contribution in [0.25, 0.3) is 0 Å². The van der Waals surface area contributed by atoms with Crippen LogP contribution in [0.15, 0.2) is 18.2 Å². The molecule has 0 spiro atoms. The van der Waals surface area contributed by atoms with Crippen LogP contribution >= 0.6 is 34.2 Å². The molecule has 1 unspecified atom stereocenters. The second-order valence-electron chi connectivity index (χ2n) is 4.74. The maximum absolute atomic E-state index is 12.2. The highest BCUT2D eigenvalue weighted by Crippen LogP contribution is 2.17. The van der Waals surface area contributed by atoms with Crippen LogP contribution in [-0.2, 0) is 0 Å². The van der Waals surface area contributed by atoms with Gasteiger partial charge in [-0.15, -0.1) is 11.6 Å². The quantitative estimate of drug-likeness (QED) is 0.608. The predicted octanol–water partition coefficient (Wildman–Crippen LogP) is 3.98. The summed E-state index contributed by atoms with van der Waals surface area (Å²) in [7, 11) is 0. The monoisotopic (exact) mass is 379 g/mol. The Balaban J connectivity index is 2.84. The van der Waals surface area contributed by atoms with Gasteiger partial charge in [0.1, 0.15) is 0 Å². The normalized spacial score (nSPS) is 12.6. The van der Waals surface area contributed by atoms with Crippen molar-refractivity contribution in [3.8, 4) is 0 Å². The Kier molecular flexibility index (Phi) is 6.43. The molecule has 2 nitrogen and oxygen atoms in total. The molecule has 0 aliphatic heterocycles. The summed E-state index contributed by atoms with van der Waals surface area (Å²) in [5, 5.41) is 3.07. The highest BCUT2D eigenvalue weighted by atomic mass is 127. The third kappa shape index (κ3) is 4.12. The minimum atomic E-state index is -0.00748. The van der Waals surface area contributed by atoms with Crippen molar-refractivity contribution in [3.05, 3.63) is 32.9 Å². The van der Waals surface area contributed by atoms with Gasteiger partial charge in [0.25, 0.3) is 5.91 Å². The lowest BCUT2D eigenvalue weighted by molar-refractivity contribution is 0.0924. The van der Waals surface area contributed by atoms with Crippen molar-refractivity contribution < 1.29 is 4.79 Å². The molecule has 0 bridgehead atoms. The second kappa shape index (κ2) is 7.34. The highest BCUT2D eigenvalue weighted by Gasteiger charge is 2.18. The minimum absolute atomic E-state index is 0.00748. The first-order chi connectivity index (χ1) is 8.47. The Morgan fingerprint density at radius 2 is 2.11 bits per heavy atom. The number of carbonyl (C=O) groups excluding carboxylic acids is 1. The molecule has 1 amide bonds. The number of nitrogens with one attached hydrogen (secondary N) is 1. The fourth-order valence-electron chi connectivity index (χ4n) is 1.76. The molecular weight excluding hydrogens is 361 g/mol. The Bertz CT molecular complexity index is 420. The van der Waals surface area contributed by atoms with Gasteiger partial charge in [0.05, 0.1) is 5.56 Å². The third-order valence-corrected chi connectivity index (χ3v) is 4.63. The number of benzene rings is 1.